The van der Waals surface area contributed by atoms with Crippen LogP contribution in [0, 0.1) is 13.8 Å². The van der Waals surface area contributed by atoms with Gasteiger partial charge in [-0.2, -0.15) is 0 Å². The van der Waals surface area contributed by atoms with E-state index in [9.17, 15) is 19.5 Å². The molecule has 1 N–H and O–H groups in total. The molecule has 0 bridgehead atoms. The number of Topliss-reactive ketones (excluding diaryl/α,β-unsaturated/α-hetero) is 2. The number of aliphatic hydroxyl groups is 1. The molecule has 1 aliphatic heterocycles. The van der Waals surface area contributed by atoms with Crippen molar-refractivity contribution in [2.75, 3.05) is 23.9 Å². The van der Waals surface area contributed by atoms with Gasteiger partial charge in [0, 0.05) is 32.3 Å². The third-order valence-electron chi connectivity index (χ3n) is 7.10. The smallest absolute Gasteiger partial charge is 0.301 e. The molecular formula is C33H31N3O5S. The van der Waals surface area contributed by atoms with E-state index < -0.39 is 17.7 Å². The normalized spacial score (nSPS) is 16.1. The summed E-state index contributed by atoms with van der Waals surface area (Å²) in [6, 6.07) is 21.2. The van der Waals surface area contributed by atoms with Crippen LogP contribution in [0.5, 0.6) is 5.75 Å². The number of amides is 1. The number of ketones is 2. The standard InChI is InChI=1S/C33H31N3O5S/c1-19-7-6-8-22(17-19)18-41-26-15-11-24(12-16-26)29(38)27-28(23-9-13-25(14-10-23)35(4)5)36(32(40)30(27)39)33-34-20(2)31(42-33)21(3)37/h6-17,28,38H,18H2,1-5H3. The minimum Gasteiger partial charge on any atom is -0.507 e. The topological polar surface area (TPSA) is 100 Å². The van der Waals surface area contributed by atoms with Crippen molar-refractivity contribution in [1.82, 2.24) is 4.98 Å². The Labute approximate surface area is 248 Å². The second-order valence-electron chi connectivity index (χ2n) is 10.4. The highest BCUT2D eigenvalue weighted by molar-refractivity contribution is 7.18. The molecule has 42 heavy (non-hydrogen) atoms. The number of carbonyl (C=O) groups excluding carboxylic acids is 3. The molecule has 0 spiro atoms. The minimum atomic E-state index is -0.941. The summed E-state index contributed by atoms with van der Waals surface area (Å²) in [5.41, 5.74) is 4.52. The van der Waals surface area contributed by atoms with Gasteiger partial charge in [-0.05, 0) is 61.4 Å². The van der Waals surface area contributed by atoms with Crippen LogP contribution in [-0.2, 0) is 16.2 Å². The van der Waals surface area contributed by atoms with Crippen LogP contribution in [0.1, 0.15) is 50.6 Å². The number of benzene rings is 3. The van der Waals surface area contributed by atoms with Gasteiger partial charge in [0.15, 0.2) is 10.9 Å². The molecule has 0 saturated carbocycles. The summed E-state index contributed by atoms with van der Waals surface area (Å²) >= 11 is 1.06. The minimum absolute atomic E-state index is 0.0525. The number of ether oxygens (including phenoxy) is 1. The number of aliphatic hydroxyl groups excluding tert-OH is 1. The largest absolute Gasteiger partial charge is 0.507 e. The van der Waals surface area contributed by atoms with Crippen molar-refractivity contribution in [3.05, 3.63) is 111 Å². The van der Waals surface area contributed by atoms with E-state index in [1.165, 1.54) is 11.8 Å². The molecule has 0 aliphatic carbocycles. The maximum Gasteiger partial charge on any atom is 0.301 e. The van der Waals surface area contributed by atoms with Gasteiger partial charge in [0.1, 0.15) is 18.1 Å². The number of hydrogen-bond acceptors (Lipinski definition) is 8. The van der Waals surface area contributed by atoms with Crippen LogP contribution in [0.3, 0.4) is 0 Å². The van der Waals surface area contributed by atoms with Crippen molar-refractivity contribution in [2.24, 2.45) is 0 Å². The Morgan fingerprint density at radius 1 is 1.02 bits per heavy atom. The average molecular weight is 582 g/mol. The Balaban J connectivity index is 1.54. The quantitative estimate of drug-likeness (QED) is 0.114. The number of rotatable bonds is 8. The third kappa shape index (κ3) is 5.56. The van der Waals surface area contributed by atoms with Crippen molar-refractivity contribution in [3.8, 4) is 5.75 Å². The molecule has 0 radical (unpaired) electrons. The average Bonchev–Trinajstić information content (AvgIpc) is 3.48. The highest BCUT2D eigenvalue weighted by Crippen LogP contribution is 2.44. The lowest BCUT2D eigenvalue weighted by atomic mass is 9.95. The van der Waals surface area contributed by atoms with E-state index in [0.717, 1.165) is 28.2 Å². The van der Waals surface area contributed by atoms with Gasteiger partial charge in [-0.1, -0.05) is 53.3 Å². The van der Waals surface area contributed by atoms with Gasteiger partial charge in [0.2, 0.25) is 0 Å². The van der Waals surface area contributed by atoms with Crippen LogP contribution < -0.4 is 14.5 Å². The lowest BCUT2D eigenvalue weighted by molar-refractivity contribution is -0.132. The number of thiazole rings is 1. The summed E-state index contributed by atoms with van der Waals surface area (Å²) in [5, 5.41) is 11.7. The number of hydrogen-bond donors (Lipinski definition) is 1. The van der Waals surface area contributed by atoms with Crippen molar-refractivity contribution in [2.45, 2.75) is 33.4 Å². The summed E-state index contributed by atoms with van der Waals surface area (Å²) in [7, 11) is 3.83. The van der Waals surface area contributed by atoms with Gasteiger partial charge in [0.25, 0.3) is 5.78 Å². The maximum atomic E-state index is 13.5. The molecule has 4 aromatic rings. The molecule has 1 aliphatic rings. The van der Waals surface area contributed by atoms with Crippen molar-refractivity contribution < 1.29 is 24.2 Å². The summed E-state index contributed by atoms with van der Waals surface area (Å²) in [4.78, 5) is 47.2. The Hall–Kier alpha value is -4.76. The summed E-state index contributed by atoms with van der Waals surface area (Å²) in [6.07, 6.45) is 0. The van der Waals surface area contributed by atoms with Crippen LogP contribution in [0.15, 0.2) is 78.4 Å². The number of aromatic nitrogens is 1. The molecule has 1 atom stereocenters. The zero-order valence-corrected chi connectivity index (χ0v) is 24.9. The highest BCUT2D eigenvalue weighted by atomic mass is 32.1. The molecule has 3 aromatic carbocycles. The van der Waals surface area contributed by atoms with Gasteiger partial charge >= 0.3 is 5.91 Å². The number of carbonyl (C=O) groups is 3. The maximum absolute atomic E-state index is 13.5. The molecule has 1 fully saturated rings. The lowest BCUT2D eigenvalue weighted by Crippen LogP contribution is -2.29. The number of nitrogens with zero attached hydrogens (tertiary/aromatic N) is 3. The first-order valence-electron chi connectivity index (χ1n) is 13.4. The molecule has 1 amide bonds. The summed E-state index contributed by atoms with van der Waals surface area (Å²) in [5.74, 6) is -1.53. The van der Waals surface area contributed by atoms with E-state index in [4.69, 9.17) is 4.74 Å². The lowest BCUT2D eigenvalue weighted by Gasteiger charge is -2.23. The van der Waals surface area contributed by atoms with Crippen LogP contribution in [0.2, 0.25) is 0 Å². The van der Waals surface area contributed by atoms with Crippen molar-refractivity contribution in [3.63, 3.8) is 0 Å². The van der Waals surface area contributed by atoms with Crippen molar-refractivity contribution in [1.29, 1.82) is 0 Å². The first-order chi connectivity index (χ1) is 20.0. The van der Waals surface area contributed by atoms with Gasteiger partial charge in [-0.3, -0.25) is 19.3 Å². The first kappa shape index (κ1) is 28.8. The predicted molar refractivity (Wildman–Crippen MR) is 164 cm³/mol. The fraction of sp³-hybridized carbons (Fsp3) is 0.212. The van der Waals surface area contributed by atoms with Gasteiger partial charge < -0.3 is 14.7 Å². The summed E-state index contributed by atoms with van der Waals surface area (Å²) < 4.78 is 5.91. The molecule has 1 unspecified atom stereocenters. The SMILES string of the molecule is CC(=O)c1sc(N2C(=O)C(=O)C(=C(O)c3ccc(OCc4cccc(C)c4)cc3)C2c2ccc(N(C)C)cc2)nc1C. The van der Waals surface area contributed by atoms with Gasteiger partial charge in [-0.25, -0.2) is 4.98 Å². The Morgan fingerprint density at radius 3 is 2.31 bits per heavy atom. The zero-order chi connectivity index (χ0) is 30.1. The second kappa shape index (κ2) is 11.6. The highest BCUT2D eigenvalue weighted by Gasteiger charge is 2.48. The Bertz CT molecular complexity index is 1700. The zero-order valence-electron chi connectivity index (χ0n) is 24.0. The van der Waals surface area contributed by atoms with E-state index in [2.05, 4.69) is 4.98 Å². The molecule has 1 aromatic heterocycles. The van der Waals surface area contributed by atoms with Crippen LogP contribution in [0.4, 0.5) is 10.8 Å². The molecule has 5 rings (SSSR count). The monoisotopic (exact) mass is 581 g/mol. The van der Waals surface area contributed by atoms with Crippen LogP contribution >= 0.6 is 11.3 Å². The predicted octanol–water partition coefficient (Wildman–Crippen LogP) is 6.23. The fourth-order valence-electron chi connectivity index (χ4n) is 4.94. The van der Waals surface area contributed by atoms with Crippen molar-refractivity contribution >= 4 is 45.4 Å². The van der Waals surface area contributed by atoms with E-state index in [1.54, 1.807) is 31.2 Å². The van der Waals surface area contributed by atoms with Gasteiger partial charge in [0.05, 0.1) is 22.2 Å². The second-order valence-corrected chi connectivity index (χ2v) is 11.4. The molecule has 2 heterocycles. The van der Waals surface area contributed by atoms with Crippen LogP contribution in [-0.4, -0.2) is 41.7 Å². The molecule has 1 saturated heterocycles. The first-order valence-corrected chi connectivity index (χ1v) is 14.2. The fourth-order valence-corrected chi connectivity index (χ4v) is 5.93. The molecule has 214 valence electrons. The van der Waals surface area contributed by atoms with E-state index in [0.29, 0.717) is 34.1 Å². The van der Waals surface area contributed by atoms with E-state index in [-0.39, 0.29) is 22.2 Å². The van der Waals surface area contributed by atoms with Gasteiger partial charge in [-0.15, -0.1) is 0 Å². The number of aryl methyl sites for hydroxylation is 2. The number of anilines is 2. The van der Waals surface area contributed by atoms with E-state index >= 15 is 0 Å². The Kier molecular flexibility index (Phi) is 7.95. The Morgan fingerprint density at radius 2 is 1.71 bits per heavy atom. The van der Waals surface area contributed by atoms with E-state index in [1.807, 2.05) is 74.4 Å². The van der Waals surface area contributed by atoms with Crippen LogP contribution in [0.25, 0.3) is 5.76 Å². The molecular weight excluding hydrogens is 550 g/mol. The molecule has 9 heteroatoms. The third-order valence-corrected chi connectivity index (χ3v) is 8.35. The molecule has 8 nitrogen and oxygen atoms in total. The summed E-state index contributed by atoms with van der Waals surface area (Å²) in [6.45, 7) is 5.53.